The van der Waals surface area contributed by atoms with Crippen molar-refractivity contribution in [2.45, 2.75) is 6.61 Å². The molecule has 4 nitrogen and oxygen atoms in total. The SMILES string of the molecule is N=C(N)c1cc(F)ccc1COCCOc1ccccc1. The first-order valence-corrected chi connectivity index (χ1v) is 6.55. The lowest BCUT2D eigenvalue weighted by Gasteiger charge is -2.10. The Hall–Kier alpha value is -2.40. The van der Waals surface area contributed by atoms with E-state index in [1.165, 1.54) is 12.1 Å². The third-order valence-corrected chi connectivity index (χ3v) is 2.86. The highest BCUT2D eigenvalue weighted by molar-refractivity contribution is 5.96. The Morgan fingerprint density at radius 2 is 1.86 bits per heavy atom. The number of halogens is 1. The van der Waals surface area contributed by atoms with E-state index < -0.39 is 5.82 Å². The van der Waals surface area contributed by atoms with Gasteiger partial charge in [-0.2, -0.15) is 0 Å². The predicted octanol–water partition coefficient (Wildman–Crippen LogP) is 2.71. The van der Waals surface area contributed by atoms with Crippen molar-refractivity contribution in [2.75, 3.05) is 13.2 Å². The highest BCUT2D eigenvalue weighted by Gasteiger charge is 2.07. The quantitative estimate of drug-likeness (QED) is 0.467. The highest BCUT2D eigenvalue weighted by atomic mass is 19.1. The van der Waals surface area contributed by atoms with Crippen molar-refractivity contribution >= 4 is 5.84 Å². The third kappa shape index (κ3) is 4.57. The molecule has 0 atom stereocenters. The van der Waals surface area contributed by atoms with Crippen molar-refractivity contribution < 1.29 is 13.9 Å². The maximum Gasteiger partial charge on any atom is 0.123 e. The lowest BCUT2D eigenvalue weighted by molar-refractivity contribution is 0.0888. The van der Waals surface area contributed by atoms with Crippen molar-refractivity contribution in [1.82, 2.24) is 0 Å². The number of nitrogens with one attached hydrogen (secondary N) is 1. The van der Waals surface area contributed by atoms with E-state index in [1.54, 1.807) is 6.07 Å². The summed E-state index contributed by atoms with van der Waals surface area (Å²) in [6.45, 7) is 1.07. The number of rotatable bonds is 7. The summed E-state index contributed by atoms with van der Waals surface area (Å²) in [5.74, 6) is 0.192. The van der Waals surface area contributed by atoms with Gasteiger partial charge in [0.1, 0.15) is 24.0 Å². The summed E-state index contributed by atoms with van der Waals surface area (Å²) >= 11 is 0. The van der Waals surface area contributed by atoms with Gasteiger partial charge in [-0.05, 0) is 29.8 Å². The molecule has 0 aliphatic heterocycles. The van der Waals surface area contributed by atoms with Crippen LogP contribution in [0, 0.1) is 11.2 Å². The predicted molar refractivity (Wildman–Crippen MR) is 79.0 cm³/mol. The number of nitrogens with two attached hydrogens (primary N) is 1. The Labute approximate surface area is 122 Å². The Balaban J connectivity index is 1.80. The molecule has 2 aromatic rings. The number of hydrogen-bond donors (Lipinski definition) is 2. The van der Waals surface area contributed by atoms with E-state index in [1.807, 2.05) is 30.3 Å². The summed E-state index contributed by atoms with van der Waals surface area (Å²) in [6.07, 6.45) is 0. The molecule has 0 aliphatic carbocycles. The van der Waals surface area contributed by atoms with Crippen molar-refractivity contribution in [3.05, 3.63) is 65.5 Å². The average molecular weight is 288 g/mol. The van der Waals surface area contributed by atoms with Gasteiger partial charge in [-0.3, -0.25) is 5.41 Å². The van der Waals surface area contributed by atoms with Gasteiger partial charge >= 0.3 is 0 Å². The summed E-state index contributed by atoms with van der Waals surface area (Å²) < 4.78 is 24.1. The summed E-state index contributed by atoms with van der Waals surface area (Å²) in [4.78, 5) is 0. The zero-order valence-corrected chi connectivity index (χ0v) is 11.5. The van der Waals surface area contributed by atoms with Crippen LogP contribution in [0.5, 0.6) is 5.75 Å². The lowest BCUT2D eigenvalue weighted by atomic mass is 10.1. The molecule has 0 bridgehead atoms. The van der Waals surface area contributed by atoms with Gasteiger partial charge in [-0.1, -0.05) is 24.3 Å². The normalized spacial score (nSPS) is 10.3. The van der Waals surface area contributed by atoms with Crippen LogP contribution in [0.3, 0.4) is 0 Å². The molecule has 0 aromatic heterocycles. The number of amidine groups is 1. The van der Waals surface area contributed by atoms with Crippen molar-refractivity contribution in [2.24, 2.45) is 5.73 Å². The number of para-hydroxylation sites is 1. The van der Waals surface area contributed by atoms with Crippen LogP contribution in [-0.4, -0.2) is 19.0 Å². The molecule has 21 heavy (non-hydrogen) atoms. The Kier molecular flexibility index (Phi) is 5.29. The Morgan fingerprint density at radius 1 is 1.10 bits per heavy atom. The fourth-order valence-electron chi connectivity index (χ4n) is 1.84. The van der Waals surface area contributed by atoms with Gasteiger partial charge in [0, 0.05) is 5.56 Å². The van der Waals surface area contributed by atoms with E-state index in [-0.39, 0.29) is 12.4 Å². The smallest absolute Gasteiger partial charge is 0.123 e. The molecule has 0 heterocycles. The minimum absolute atomic E-state index is 0.173. The molecule has 110 valence electrons. The number of ether oxygens (including phenoxy) is 2. The van der Waals surface area contributed by atoms with Crippen molar-refractivity contribution in [3.63, 3.8) is 0 Å². The first-order valence-electron chi connectivity index (χ1n) is 6.55. The molecule has 0 fully saturated rings. The zero-order chi connectivity index (χ0) is 15.1. The van der Waals surface area contributed by atoms with Gasteiger partial charge in [-0.25, -0.2) is 4.39 Å². The fourth-order valence-corrected chi connectivity index (χ4v) is 1.84. The largest absolute Gasteiger partial charge is 0.491 e. The van der Waals surface area contributed by atoms with Gasteiger partial charge in [-0.15, -0.1) is 0 Å². The van der Waals surface area contributed by atoms with Crippen molar-refractivity contribution in [3.8, 4) is 5.75 Å². The zero-order valence-electron chi connectivity index (χ0n) is 11.5. The monoisotopic (exact) mass is 288 g/mol. The van der Waals surface area contributed by atoms with Gasteiger partial charge in [0.25, 0.3) is 0 Å². The van der Waals surface area contributed by atoms with Crippen molar-refractivity contribution in [1.29, 1.82) is 5.41 Å². The highest BCUT2D eigenvalue weighted by Crippen LogP contribution is 2.12. The van der Waals surface area contributed by atoms with E-state index in [0.717, 1.165) is 5.75 Å². The maximum absolute atomic E-state index is 13.1. The topological polar surface area (TPSA) is 68.3 Å². The molecule has 0 saturated carbocycles. The standard InChI is InChI=1S/C16H17FN2O2/c17-13-7-6-12(15(10-13)16(18)19)11-20-8-9-21-14-4-2-1-3-5-14/h1-7,10H,8-9,11H2,(H3,18,19). The van der Waals surface area contributed by atoms with Crippen LogP contribution in [-0.2, 0) is 11.3 Å². The molecule has 5 heteroatoms. The summed E-state index contributed by atoms with van der Waals surface area (Å²) in [7, 11) is 0. The van der Waals surface area contributed by atoms with E-state index in [2.05, 4.69) is 0 Å². The van der Waals surface area contributed by atoms with Crippen LogP contribution < -0.4 is 10.5 Å². The first kappa shape index (κ1) is 15.0. The molecule has 0 amide bonds. The second-order valence-corrected chi connectivity index (χ2v) is 4.43. The molecule has 0 saturated heterocycles. The molecule has 2 rings (SSSR count). The average Bonchev–Trinajstić information content (AvgIpc) is 2.49. The van der Waals surface area contributed by atoms with E-state index in [4.69, 9.17) is 20.6 Å². The molecule has 0 aliphatic rings. The van der Waals surface area contributed by atoms with Gasteiger partial charge < -0.3 is 15.2 Å². The molecule has 0 spiro atoms. The Bertz CT molecular complexity index is 602. The first-order chi connectivity index (χ1) is 10.2. The van der Waals surface area contributed by atoms with Crippen LogP contribution in [0.25, 0.3) is 0 Å². The number of nitrogen functional groups attached to an aromatic ring is 1. The molecular weight excluding hydrogens is 271 g/mol. The maximum atomic E-state index is 13.1. The summed E-state index contributed by atoms with van der Waals surface area (Å²) in [6, 6.07) is 13.6. The van der Waals surface area contributed by atoms with E-state index in [0.29, 0.717) is 24.3 Å². The van der Waals surface area contributed by atoms with Crippen LogP contribution in [0.15, 0.2) is 48.5 Å². The molecule has 3 N–H and O–H groups in total. The summed E-state index contributed by atoms with van der Waals surface area (Å²) in [5, 5.41) is 7.43. The minimum Gasteiger partial charge on any atom is -0.491 e. The summed E-state index contributed by atoms with van der Waals surface area (Å²) in [5.41, 5.74) is 6.47. The number of hydrogen-bond acceptors (Lipinski definition) is 3. The minimum atomic E-state index is -0.420. The van der Waals surface area contributed by atoms with Crippen LogP contribution >= 0.6 is 0 Å². The molecule has 2 aromatic carbocycles. The van der Waals surface area contributed by atoms with Gasteiger partial charge in [0.2, 0.25) is 0 Å². The number of benzene rings is 2. The van der Waals surface area contributed by atoms with Crippen LogP contribution in [0.1, 0.15) is 11.1 Å². The van der Waals surface area contributed by atoms with Crippen LogP contribution in [0.2, 0.25) is 0 Å². The van der Waals surface area contributed by atoms with Crippen LogP contribution in [0.4, 0.5) is 4.39 Å². The molecule has 0 radical (unpaired) electrons. The van der Waals surface area contributed by atoms with E-state index >= 15 is 0 Å². The molecule has 0 unspecified atom stereocenters. The fraction of sp³-hybridized carbons (Fsp3) is 0.188. The Morgan fingerprint density at radius 3 is 2.57 bits per heavy atom. The second-order valence-electron chi connectivity index (χ2n) is 4.43. The second kappa shape index (κ2) is 7.40. The molecular formula is C16H17FN2O2. The van der Waals surface area contributed by atoms with E-state index in [9.17, 15) is 4.39 Å². The van der Waals surface area contributed by atoms with Gasteiger partial charge in [0.15, 0.2) is 0 Å². The third-order valence-electron chi connectivity index (χ3n) is 2.86. The van der Waals surface area contributed by atoms with Gasteiger partial charge in [0.05, 0.1) is 13.2 Å². The lowest BCUT2D eigenvalue weighted by Crippen LogP contribution is -2.15.